The number of aryl methyl sites for hydroxylation is 1. The first kappa shape index (κ1) is 21.9. The molecule has 0 saturated heterocycles. The van der Waals surface area contributed by atoms with Crippen LogP contribution in [0.15, 0.2) is 48.5 Å². The summed E-state index contributed by atoms with van der Waals surface area (Å²) in [5.74, 6) is -2.79. The van der Waals surface area contributed by atoms with Gasteiger partial charge in [-0.15, -0.1) is 0 Å². The van der Waals surface area contributed by atoms with Crippen molar-refractivity contribution in [3.63, 3.8) is 0 Å². The first-order valence-electron chi connectivity index (χ1n) is 10.4. The zero-order valence-electron chi connectivity index (χ0n) is 17.8. The van der Waals surface area contributed by atoms with Crippen LogP contribution in [0, 0.1) is 6.92 Å². The van der Waals surface area contributed by atoms with Crippen molar-refractivity contribution in [3.05, 3.63) is 81.9 Å². The van der Waals surface area contributed by atoms with Crippen LogP contribution < -0.4 is 10.6 Å². The van der Waals surface area contributed by atoms with Crippen molar-refractivity contribution in [2.45, 2.75) is 13.3 Å². The maximum absolute atomic E-state index is 13.2. The van der Waals surface area contributed by atoms with Gasteiger partial charge < -0.3 is 26.0 Å². The summed E-state index contributed by atoms with van der Waals surface area (Å²) < 4.78 is 0. The predicted octanol–water partition coefficient (Wildman–Crippen LogP) is 3.12. The molecule has 8 nitrogen and oxygen atoms in total. The highest BCUT2D eigenvalue weighted by Gasteiger charge is 2.37. The highest BCUT2D eigenvalue weighted by atomic mass is 16.3. The van der Waals surface area contributed by atoms with Gasteiger partial charge in [-0.2, -0.15) is 0 Å². The molecule has 0 unspecified atom stereocenters. The zero-order chi connectivity index (χ0) is 23.7. The Hall–Kier alpha value is -4.33. The van der Waals surface area contributed by atoms with Crippen LogP contribution >= 0.6 is 0 Å². The first-order valence-corrected chi connectivity index (χ1v) is 10.4. The van der Waals surface area contributed by atoms with E-state index in [9.17, 15) is 29.7 Å². The highest BCUT2D eigenvalue weighted by Crippen LogP contribution is 2.44. The minimum Gasteiger partial charge on any atom is -0.507 e. The van der Waals surface area contributed by atoms with Gasteiger partial charge in [0.1, 0.15) is 17.2 Å². The summed E-state index contributed by atoms with van der Waals surface area (Å²) in [7, 11) is 0. The lowest BCUT2D eigenvalue weighted by atomic mass is 9.81. The Labute approximate surface area is 189 Å². The molecule has 168 valence electrons. The van der Waals surface area contributed by atoms with Crippen molar-refractivity contribution < 1.29 is 29.7 Å². The van der Waals surface area contributed by atoms with Crippen LogP contribution in [0.5, 0.6) is 17.2 Å². The summed E-state index contributed by atoms with van der Waals surface area (Å²) in [6.45, 7) is 2.29. The molecule has 3 aromatic carbocycles. The molecule has 0 spiro atoms. The number of anilines is 1. The number of ketones is 2. The van der Waals surface area contributed by atoms with Gasteiger partial charge in [0.2, 0.25) is 5.78 Å². The summed E-state index contributed by atoms with van der Waals surface area (Å²) in [6, 6.07) is 12.6. The van der Waals surface area contributed by atoms with Crippen LogP contribution in [-0.4, -0.2) is 45.9 Å². The van der Waals surface area contributed by atoms with Gasteiger partial charge in [0.15, 0.2) is 5.78 Å². The number of nitrogens with one attached hydrogen (secondary N) is 2. The molecule has 0 bridgehead atoms. The minimum atomic E-state index is -0.701. The van der Waals surface area contributed by atoms with E-state index in [1.165, 1.54) is 12.1 Å². The van der Waals surface area contributed by atoms with Gasteiger partial charge >= 0.3 is 0 Å². The van der Waals surface area contributed by atoms with Gasteiger partial charge in [-0.1, -0.05) is 18.2 Å². The van der Waals surface area contributed by atoms with Gasteiger partial charge in [0.25, 0.3) is 5.91 Å². The Balaban J connectivity index is 1.54. The van der Waals surface area contributed by atoms with Gasteiger partial charge in [-0.3, -0.25) is 14.4 Å². The van der Waals surface area contributed by atoms with E-state index in [1.807, 2.05) is 6.07 Å². The Bertz CT molecular complexity index is 1280. The average molecular weight is 446 g/mol. The average Bonchev–Trinajstić information content (AvgIpc) is 2.78. The Morgan fingerprint density at radius 1 is 0.818 bits per heavy atom. The summed E-state index contributed by atoms with van der Waals surface area (Å²) in [5.41, 5.74) is 0.553. The third kappa shape index (κ3) is 3.98. The third-order valence-electron chi connectivity index (χ3n) is 5.45. The topological polar surface area (TPSA) is 136 Å². The second-order valence-electron chi connectivity index (χ2n) is 7.81. The maximum Gasteiger partial charge on any atom is 0.251 e. The lowest BCUT2D eigenvalue weighted by Crippen LogP contribution is -2.26. The Kier molecular flexibility index (Phi) is 5.74. The Morgan fingerprint density at radius 3 is 2.24 bits per heavy atom. The van der Waals surface area contributed by atoms with Crippen molar-refractivity contribution in [2.24, 2.45) is 0 Å². The van der Waals surface area contributed by atoms with Gasteiger partial charge in [-0.25, -0.2) is 0 Å². The normalized spacial score (nSPS) is 12.2. The highest BCUT2D eigenvalue weighted by molar-refractivity contribution is 6.32. The fourth-order valence-corrected chi connectivity index (χ4v) is 3.93. The fourth-order valence-electron chi connectivity index (χ4n) is 3.93. The molecule has 0 aromatic heterocycles. The number of carbonyl (C=O) groups is 3. The van der Waals surface area contributed by atoms with E-state index in [1.54, 1.807) is 31.2 Å². The van der Waals surface area contributed by atoms with E-state index in [-0.39, 0.29) is 51.9 Å². The molecular weight excluding hydrogens is 424 g/mol. The summed E-state index contributed by atoms with van der Waals surface area (Å²) >= 11 is 0. The van der Waals surface area contributed by atoms with Gasteiger partial charge in [0.05, 0.1) is 22.4 Å². The Morgan fingerprint density at radius 2 is 1.52 bits per heavy atom. The number of hydrogen-bond donors (Lipinski definition) is 5. The molecule has 3 aromatic rings. The molecule has 1 aliphatic rings. The summed E-state index contributed by atoms with van der Waals surface area (Å²) in [5, 5.41) is 36.7. The largest absolute Gasteiger partial charge is 0.507 e. The molecule has 0 fully saturated rings. The van der Waals surface area contributed by atoms with Crippen LogP contribution in [0.4, 0.5) is 5.69 Å². The molecule has 0 heterocycles. The predicted molar refractivity (Wildman–Crippen MR) is 121 cm³/mol. The van der Waals surface area contributed by atoms with E-state index >= 15 is 0 Å². The fraction of sp³-hybridized carbons (Fsp3) is 0.160. The van der Waals surface area contributed by atoms with E-state index in [0.29, 0.717) is 24.1 Å². The molecule has 1 amide bonds. The molecule has 0 atom stereocenters. The molecule has 1 aliphatic carbocycles. The maximum atomic E-state index is 13.2. The van der Waals surface area contributed by atoms with Crippen molar-refractivity contribution >= 4 is 23.2 Å². The lowest BCUT2D eigenvalue weighted by Gasteiger charge is -2.23. The number of fused-ring (bicyclic) bond motifs is 2. The molecule has 0 radical (unpaired) electrons. The van der Waals surface area contributed by atoms with Gasteiger partial charge in [-0.05, 0) is 43.2 Å². The lowest BCUT2D eigenvalue weighted by molar-refractivity contribution is 0.0952. The monoisotopic (exact) mass is 446 g/mol. The van der Waals surface area contributed by atoms with Crippen LogP contribution in [0.1, 0.15) is 54.2 Å². The zero-order valence-corrected chi connectivity index (χ0v) is 17.8. The van der Waals surface area contributed by atoms with E-state index in [2.05, 4.69) is 10.6 Å². The van der Waals surface area contributed by atoms with Crippen molar-refractivity contribution in [1.82, 2.24) is 5.32 Å². The molecule has 0 saturated carbocycles. The number of phenols is 3. The van der Waals surface area contributed by atoms with Gasteiger partial charge in [0, 0.05) is 30.3 Å². The number of hydrogen-bond acceptors (Lipinski definition) is 7. The van der Waals surface area contributed by atoms with Crippen LogP contribution in [0.25, 0.3) is 0 Å². The second kappa shape index (κ2) is 8.66. The minimum absolute atomic E-state index is 0.00757. The molecule has 4 rings (SSSR count). The number of rotatable bonds is 6. The van der Waals surface area contributed by atoms with Crippen molar-refractivity contribution in [3.8, 4) is 17.2 Å². The molecule has 8 heteroatoms. The molecule has 0 aliphatic heterocycles. The standard InChI is InChI=1S/C25H22N2O6/c1-13-10-15-19(16(28)11-13)24(32)20-17(29)12-18(30)22(21(20)23(15)31)26-8-5-9-27-25(33)14-6-3-2-4-7-14/h2-4,6-7,10-12,26,28-30H,5,8-9H2,1H3,(H,27,33). The molecular formula is C25H22N2O6. The number of carbonyl (C=O) groups excluding carboxylic acids is 3. The third-order valence-corrected chi connectivity index (χ3v) is 5.45. The van der Waals surface area contributed by atoms with E-state index in [0.717, 1.165) is 6.07 Å². The summed E-state index contributed by atoms with van der Waals surface area (Å²) in [6.07, 6.45) is 0.465. The smallest absolute Gasteiger partial charge is 0.251 e. The van der Waals surface area contributed by atoms with Crippen molar-refractivity contribution in [1.29, 1.82) is 0 Å². The number of aromatic hydroxyl groups is 3. The number of benzene rings is 3. The number of phenolic OH excluding ortho intramolecular Hbond substituents is 3. The van der Waals surface area contributed by atoms with E-state index < -0.39 is 17.3 Å². The number of amides is 1. The van der Waals surface area contributed by atoms with Crippen LogP contribution in [0.3, 0.4) is 0 Å². The summed E-state index contributed by atoms with van der Waals surface area (Å²) in [4.78, 5) is 38.4. The van der Waals surface area contributed by atoms with Crippen LogP contribution in [-0.2, 0) is 0 Å². The quantitative estimate of drug-likeness (QED) is 0.174. The van der Waals surface area contributed by atoms with Crippen LogP contribution in [0.2, 0.25) is 0 Å². The first-order chi connectivity index (χ1) is 15.8. The molecule has 33 heavy (non-hydrogen) atoms. The van der Waals surface area contributed by atoms with Crippen molar-refractivity contribution in [2.75, 3.05) is 18.4 Å². The second-order valence-corrected chi connectivity index (χ2v) is 7.81. The SMILES string of the molecule is Cc1cc(O)c2c(c1)C(=O)c1c(NCCCNC(=O)c3ccccc3)c(O)cc(O)c1C2=O. The van der Waals surface area contributed by atoms with E-state index in [4.69, 9.17) is 0 Å². The molecule has 5 N–H and O–H groups in total.